The Bertz CT molecular complexity index is 910. The van der Waals surface area contributed by atoms with Crippen molar-refractivity contribution >= 4 is 11.9 Å². The van der Waals surface area contributed by atoms with Gasteiger partial charge in [0.2, 0.25) is 6.10 Å². The highest BCUT2D eigenvalue weighted by Gasteiger charge is 2.24. The van der Waals surface area contributed by atoms with E-state index in [0.717, 1.165) is 0 Å². The summed E-state index contributed by atoms with van der Waals surface area (Å²) in [5.41, 5.74) is 6.94. The van der Waals surface area contributed by atoms with Crippen molar-refractivity contribution in [1.82, 2.24) is 0 Å². The molecule has 0 radical (unpaired) electrons. The highest BCUT2D eigenvalue weighted by Crippen LogP contribution is 2.21. The molecule has 0 saturated carbocycles. The molecule has 1 amide bonds. The first kappa shape index (κ1) is 18.2. The molecule has 5 heteroatoms. The molecule has 0 saturated heterocycles. The Hall–Kier alpha value is -3.60. The summed E-state index contributed by atoms with van der Waals surface area (Å²) in [6.45, 7) is 0.196. The van der Waals surface area contributed by atoms with Crippen molar-refractivity contribution < 1.29 is 19.1 Å². The summed E-state index contributed by atoms with van der Waals surface area (Å²) in [5, 5.41) is 0. The molecule has 0 aliphatic rings. The largest absolute Gasteiger partial charge is 0.489 e. The van der Waals surface area contributed by atoms with Crippen LogP contribution in [0.4, 0.5) is 0 Å². The molecule has 2 N–H and O–H groups in total. The van der Waals surface area contributed by atoms with E-state index in [-0.39, 0.29) is 6.61 Å². The summed E-state index contributed by atoms with van der Waals surface area (Å²) in [4.78, 5) is 24.5. The Morgan fingerprint density at radius 2 is 1.41 bits per heavy atom. The van der Waals surface area contributed by atoms with Crippen LogP contribution in [0, 0.1) is 0 Å². The van der Waals surface area contributed by atoms with Gasteiger partial charge >= 0.3 is 5.97 Å². The molecule has 136 valence electrons. The Labute approximate surface area is 157 Å². The second-order valence-corrected chi connectivity index (χ2v) is 5.86. The molecule has 3 aromatic rings. The van der Waals surface area contributed by atoms with Crippen molar-refractivity contribution in [3.8, 4) is 5.75 Å². The van der Waals surface area contributed by atoms with Crippen LogP contribution in [0.25, 0.3) is 0 Å². The first-order chi connectivity index (χ1) is 13.1. The minimum absolute atomic E-state index is 0.196. The lowest BCUT2D eigenvalue weighted by Gasteiger charge is -2.16. The Morgan fingerprint density at radius 1 is 0.815 bits per heavy atom. The van der Waals surface area contributed by atoms with Gasteiger partial charge in [-0.05, 0) is 18.2 Å². The third-order valence-electron chi connectivity index (χ3n) is 3.96. The molecule has 0 aliphatic carbocycles. The van der Waals surface area contributed by atoms with Crippen molar-refractivity contribution in [2.75, 3.05) is 0 Å². The number of hydrogen-bond acceptors (Lipinski definition) is 4. The average molecular weight is 361 g/mol. The van der Waals surface area contributed by atoms with E-state index in [4.69, 9.17) is 15.2 Å². The topological polar surface area (TPSA) is 78.6 Å². The van der Waals surface area contributed by atoms with Crippen LogP contribution in [-0.2, 0) is 16.1 Å². The number of ether oxygens (including phenoxy) is 2. The molecule has 0 fully saturated rings. The normalized spacial score (nSPS) is 11.4. The van der Waals surface area contributed by atoms with Crippen LogP contribution < -0.4 is 10.5 Å². The Kier molecular flexibility index (Phi) is 5.84. The van der Waals surface area contributed by atoms with Gasteiger partial charge in [0, 0.05) is 11.1 Å². The highest BCUT2D eigenvalue weighted by molar-refractivity contribution is 5.93. The summed E-state index contributed by atoms with van der Waals surface area (Å²) in [6, 6.07) is 24.9. The predicted molar refractivity (Wildman–Crippen MR) is 101 cm³/mol. The van der Waals surface area contributed by atoms with Gasteiger partial charge in [0.1, 0.15) is 12.4 Å². The molecule has 3 rings (SSSR count). The van der Waals surface area contributed by atoms with E-state index in [1.807, 2.05) is 36.4 Å². The van der Waals surface area contributed by atoms with E-state index >= 15 is 0 Å². The highest BCUT2D eigenvalue weighted by atomic mass is 16.5. The number of benzene rings is 3. The maximum Gasteiger partial charge on any atom is 0.339 e. The lowest BCUT2D eigenvalue weighted by molar-refractivity contribution is -0.127. The molecule has 3 aromatic carbocycles. The SMILES string of the molecule is NC(=O)C(OC(=O)c1ccccc1COc1ccccc1)c1ccccc1. The quantitative estimate of drug-likeness (QED) is 0.652. The average Bonchev–Trinajstić information content (AvgIpc) is 2.71. The van der Waals surface area contributed by atoms with Crippen molar-refractivity contribution in [1.29, 1.82) is 0 Å². The smallest absolute Gasteiger partial charge is 0.339 e. The molecular formula is C22H19NO4. The summed E-state index contributed by atoms with van der Waals surface area (Å²) in [5.74, 6) is -0.664. The van der Waals surface area contributed by atoms with Crippen LogP contribution in [0.5, 0.6) is 5.75 Å². The number of para-hydroxylation sites is 1. The van der Waals surface area contributed by atoms with Crippen LogP contribution in [0.1, 0.15) is 27.6 Å². The molecule has 0 heterocycles. The fraction of sp³-hybridized carbons (Fsp3) is 0.0909. The number of amides is 1. The van der Waals surface area contributed by atoms with E-state index in [2.05, 4.69) is 0 Å². The molecule has 27 heavy (non-hydrogen) atoms. The number of nitrogens with two attached hydrogens (primary N) is 1. The maximum atomic E-state index is 12.7. The summed E-state index contributed by atoms with van der Waals surface area (Å²) < 4.78 is 11.1. The van der Waals surface area contributed by atoms with Crippen molar-refractivity contribution in [3.63, 3.8) is 0 Å². The van der Waals surface area contributed by atoms with Crippen LogP contribution in [0.15, 0.2) is 84.9 Å². The minimum atomic E-state index is -1.15. The van der Waals surface area contributed by atoms with E-state index in [0.29, 0.717) is 22.4 Å². The number of rotatable bonds is 7. The lowest BCUT2D eigenvalue weighted by atomic mass is 10.1. The Balaban J connectivity index is 1.77. The van der Waals surface area contributed by atoms with Crippen molar-refractivity contribution in [3.05, 3.63) is 102 Å². The molecule has 1 unspecified atom stereocenters. The zero-order valence-electron chi connectivity index (χ0n) is 14.6. The van der Waals surface area contributed by atoms with Crippen LogP contribution in [0.2, 0.25) is 0 Å². The zero-order chi connectivity index (χ0) is 19.1. The molecule has 0 spiro atoms. The number of carbonyl (C=O) groups excluding carboxylic acids is 2. The van der Waals surface area contributed by atoms with Crippen LogP contribution >= 0.6 is 0 Å². The first-order valence-electron chi connectivity index (χ1n) is 8.46. The molecule has 0 aliphatic heterocycles. The fourth-order valence-electron chi connectivity index (χ4n) is 2.61. The standard InChI is InChI=1S/C22H19NO4/c23-21(24)20(16-9-3-1-4-10-16)27-22(25)19-14-8-7-11-17(19)15-26-18-12-5-2-6-13-18/h1-14,20H,15H2,(H2,23,24). The predicted octanol–water partition coefficient (Wildman–Crippen LogP) is 3.65. The molecular weight excluding hydrogens is 342 g/mol. The minimum Gasteiger partial charge on any atom is -0.489 e. The number of primary amides is 1. The summed E-state index contributed by atoms with van der Waals surface area (Å²) >= 11 is 0. The van der Waals surface area contributed by atoms with E-state index in [1.165, 1.54) is 0 Å². The van der Waals surface area contributed by atoms with Gasteiger partial charge in [0.05, 0.1) is 5.56 Å². The van der Waals surface area contributed by atoms with E-state index in [1.54, 1.807) is 48.5 Å². The van der Waals surface area contributed by atoms with Gasteiger partial charge in [-0.25, -0.2) is 4.79 Å². The van der Waals surface area contributed by atoms with Crippen molar-refractivity contribution in [2.24, 2.45) is 5.73 Å². The van der Waals surface area contributed by atoms with Crippen LogP contribution in [0.3, 0.4) is 0 Å². The second kappa shape index (κ2) is 8.67. The third-order valence-corrected chi connectivity index (χ3v) is 3.96. The van der Waals surface area contributed by atoms with Gasteiger partial charge in [-0.2, -0.15) is 0 Å². The molecule has 1 atom stereocenters. The lowest BCUT2D eigenvalue weighted by Crippen LogP contribution is -2.26. The van der Waals surface area contributed by atoms with Gasteiger partial charge < -0.3 is 15.2 Å². The van der Waals surface area contributed by atoms with Gasteiger partial charge in [-0.1, -0.05) is 66.7 Å². The number of carbonyl (C=O) groups is 2. The van der Waals surface area contributed by atoms with E-state index in [9.17, 15) is 9.59 Å². The summed E-state index contributed by atoms with van der Waals surface area (Å²) in [7, 11) is 0. The maximum absolute atomic E-state index is 12.7. The van der Waals surface area contributed by atoms with Crippen LogP contribution in [-0.4, -0.2) is 11.9 Å². The van der Waals surface area contributed by atoms with Gasteiger partial charge in [-0.15, -0.1) is 0 Å². The summed E-state index contributed by atoms with van der Waals surface area (Å²) in [6.07, 6.45) is -1.15. The third kappa shape index (κ3) is 4.73. The first-order valence-corrected chi connectivity index (χ1v) is 8.46. The van der Waals surface area contributed by atoms with Gasteiger partial charge in [-0.3, -0.25) is 4.79 Å². The molecule has 0 aromatic heterocycles. The number of hydrogen-bond donors (Lipinski definition) is 1. The Morgan fingerprint density at radius 3 is 2.07 bits per heavy atom. The number of esters is 1. The fourth-order valence-corrected chi connectivity index (χ4v) is 2.61. The van der Waals surface area contributed by atoms with Crippen molar-refractivity contribution in [2.45, 2.75) is 12.7 Å². The van der Waals surface area contributed by atoms with E-state index < -0.39 is 18.0 Å². The molecule has 0 bridgehead atoms. The zero-order valence-corrected chi connectivity index (χ0v) is 14.6. The monoisotopic (exact) mass is 361 g/mol. The van der Waals surface area contributed by atoms with Gasteiger partial charge in [0.25, 0.3) is 5.91 Å². The second-order valence-electron chi connectivity index (χ2n) is 5.86. The van der Waals surface area contributed by atoms with Gasteiger partial charge in [0.15, 0.2) is 0 Å². The molecule has 5 nitrogen and oxygen atoms in total.